The van der Waals surface area contributed by atoms with Crippen LogP contribution in [-0.2, 0) is 11.2 Å². The number of hydrogen-bond acceptors (Lipinski definition) is 6. The molecule has 2 heterocycles. The van der Waals surface area contributed by atoms with Crippen molar-refractivity contribution in [2.45, 2.75) is 19.4 Å². The molecule has 0 unspecified atom stereocenters. The van der Waals surface area contributed by atoms with Crippen molar-refractivity contribution in [3.63, 3.8) is 0 Å². The molecule has 1 aromatic heterocycles. The van der Waals surface area contributed by atoms with Crippen molar-refractivity contribution in [2.24, 2.45) is 0 Å². The summed E-state index contributed by atoms with van der Waals surface area (Å²) in [5, 5.41) is 11.9. The molecule has 20 heavy (non-hydrogen) atoms. The first-order chi connectivity index (χ1) is 9.76. The Morgan fingerprint density at radius 3 is 2.95 bits per heavy atom. The quantitative estimate of drug-likeness (QED) is 0.934. The minimum absolute atomic E-state index is 0.183. The van der Waals surface area contributed by atoms with Crippen LogP contribution in [0.1, 0.15) is 11.9 Å². The standard InChI is InChI=1S/C13H13N3O3S/c1-2-11-15-16-13(20-11)14-12(17)10-7-18-8-5-3-4-6-9(8)19-10/h3-6,10H,2,7H2,1H3,(H,14,16,17)/t10-/m1/s1. The molecule has 0 fully saturated rings. The molecule has 0 saturated heterocycles. The van der Waals surface area contributed by atoms with Gasteiger partial charge in [0.1, 0.15) is 11.6 Å². The number of para-hydroxylation sites is 2. The molecular formula is C13H13N3O3S. The average Bonchev–Trinajstić information content (AvgIpc) is 2.94. The number of nitrogens with one attached hydrogen (secondary N) is 1. The number of anilines is 1. The molecule has 0 spiro atoms. The van der Waals surface area contributed by atoms with Gasteiger partial charge < -0.3 is 9.47 Å². The first-order valence-electron chi connectivity index (χ1n) is 6.28. The molecule has 0 saturated carbocycles. The maximum absolute atomic E-state index is 12.1. The molecule has 6 nitrogen and oxygen atoms in total. The van der Waals surface area contributed by atoms with E-state index in [-0.39, 0.29) is 12.5 Å². The number of hydrogen-bond donors (Lipinski definition) is 1. The Kier molecular flexibility index (Phi) is 3.51. The van der Waals surface area contributed by atoms with E-state index in [1.807, 2.05) is 25.1 Å². The van der Waals surface area contributed by atoms with Gasteiger partial charge in [-0.05, 0) is 18.6 Å². The number of benzene rings is 1. The number of nitrogens with zero attached hydrogens (tertiary/aromatic N) is 2. The third-order valence-corrected chi connectivity index (χ3v) is 3.78. The average molecular weight is 291 g/mol. The number of carbonyl (C=O) groups excluding carboxylic acids is 1. The Hall–Kier alpha value is -2.15. The zero-order valence-corrected chi connectivity index (χ0v) is 11.6. The maximum Gasteiger partial charge on any atom is 0.270 e. The molecular weight excluding hydrogens is 278 g/mol. The Labute approximate surface area is 119 Å². The van der Waals surface area contributed by atoms with Crippen molar-refractivity contribution in [2.75, 3.05) is 11.9 Å². The highest BCUT2D eigenvalue weighted by Crippen LogP contribution is 2.31. The number of carbonyl (C=O) groups is 1. The Morgan fingerprint density at radius 1 is 1.40 bits per heavy atom. The first-order valence-corrected chi connectivity index (χ1v) is 7.09. The van der Waals surface area contributed by atoms with Gasteiger partial charge in [-0.25, -0.2) is 0 Å². The van der Waals surface area contributed by atoms with Crippen LogP contribution in [0.2, 0.25) is 0 Å². The van der Waals surface area contributed by atoms with E-state index in [0.29, 0.717) is 16.6 Å². The largest absolute Gasteiger partial charge is 0.485 e. The van der Waals surface area contributed by atoms with Crippen LogP contribution in [0.5, 0.6) is 11.5 Å². The van der Waals surface area contributed by atoms with Gasteiger partial charge >= 0.3 is 0 Å². The first kappa shape index (κ1) is 12.9. The fourth-order valence-corrected chi connectivity index (χ4v) is 2.46. The molecule has 1 aromatic carbocycles. The third-order valence-electron chi connectivity index (χ3n) is 2.80. The smallest absolute Gasteiger partial charge is 0.270 e. The van der Waals surface area contributed by atoms with Crippen LogP contribution in [0.3, 0.4) is 0 Å². The van der Waals surface area contributed by atoms with E-state index in [9.17, 15) is 4.79 Å². The minimum Gasteiger partial charge on any atom is -0.485 e. The van der Waals surface area contributed by atoms with Crippen molar-refractivity contribution in [3.8, 4) is 11.5 Å². The number of fused-ring (bicyclic) bond motifs is 1. The number of aryl methyl sites for hydroxylation is 1. The zero-order chi connectivity index (χ0) is 13.9. The summed E-state index contributed by atoms with van der Waals surface area (Å²) in [7, 11) is 0. The lowest BCUT2D eigenvalue weighted by atomic mass is 10.2. The van der Waals surface area contributed by atoms with Crippen LogP contribution in [0, 0.1) is 0 Å². The second-order valence-corrected chi connectivity index (χ2v) is 5.27. The molecule has 104 valence electrons. The van der Waals surface area contributed by atoms with Crippen LogP contribution in [-0.4, -0.2) is 28.8 Å². The van der Waals surface area contributed by atoms with Crippen molar-refractivity contribution < 1.29 is 14.3 Å². The Balaban J connectivity index is 1.67. The topological polar surface area (TPSA) is 73.3 Å². The van der Waals surface area contributed by atoms with Crippen molar-refractivity contribution in [1.29, 1.82) is 0 Å². The SMILES string of the molecule is CCc1nnc(NC(=O)[C@H]2COc3ccccc3O2)s1. The lowest BCUT2D eigenvalue weighted by Crippen LogP contribution is -2.40. The predicted octanol–water partition coefficient (Wildman–Crippen LogP) is 1.88. The number of rotatable bonds is 3. The highest BCUT2D eigenvalue weighted by Gasteiger charge is 2.27. The molecule has 0 radical (unpaired) electrons. The molecule has 3 rings (SSSR count). The second kappa shape index (κ2) is 5.46. The summed E-state index contributed by atoms with van der Waals surface area (Å²) in [6.07, 6.45) is 0.114. The molecule has 0 aliphatic carbocycles. The van der Waals surface area contributed by atoms with E-state index in [1.165, 1.54) is 11.3 Å². The second-order valence-electron chi connectivity index (χ2n) is 4.21. The van der Waals surface area contributed by atoms with Gasteiger partial charge in [0.2, 0.25) is 11.2 Å². The zero-order valence-electron chi connectivity index (χ0n) is 10.8. The normalized spacial score (nSPS) is 16.8. The van der Waals surface area contributed by atoms with Gasteiger partial charge in [-0.3, -0.25) is 10.1 Å². The van der Waals surface area contributed by atoms with Gasteiger partial charge in [0.15, 0.2) is 11.5 Å². The summed E-state index contributed by atoms with van der Waals surface area (Å²) in [4.78, 5) is 12.1. The van der Waals surface area contributed by atoms with E-state index in [0.717, 1.165) is 11.4 Å². The van der Waals surface area contributed by atoms with Gasteiger partial charge in [0.05, 0.1) is 0 Å². The molecule has 1 aliphatic rings. The van der Waals surface area contributed by atoms with Gasteiger partial charge in [0.25, 0.3) is 5.91 Å². The van der Waals surface area contributed by atoms with Crippen LogP contribution in [0.15, 0.2) is 24.3 Å². The maximum atomic E-state index is 12.1. The van der Waals surface area contributed by atoms with Crippen molar-refractivity contribution in [1.82, 2.24) is 10.2 Å². The lowest BCUT2D eigenvalue weighted by Gasteiger charge is -2.25. The fraction of sp³-hybridized carbons (Fsp3) is 0.308. The monoisotopic (exact) mass is 291 g/mol. The Bertz CT molecular complexity index is 629. The van der Waals surface area contributed by atoms with E-state index >= 15 is 0 Å². The number of ether oxygens (including phenoxy) is 2. The molecule has 0 bridgehead atoms. The third kappa shape index (κ3) is 2.57. The van der Waals surface area contributed by atoms with Crippen LogP contribution < -0.4 is 14.8 Å². The summed E-state index contributed by atoms with van der Waals surface area (Å²) in [5.74, 6) is 0.949. The Morgan fingerprint density at radius 2 is 2.20 bits per heavy atom. The molecule has 1 amide bonds. The van der Waals surface area contributed by atoms with Gasteiger partial charge in [0, 0.05) is 0 Å². The van der Waals surface area contributed by atoms with Crippen LogP contribution in [0.25, 0.3) is 0 Å². The molecule has 7 heteroatoms. The number of aromatic nitrogens is 2. The number of amides is 1. The highest BCUT2D eigenvalue weighted by atomic mass is 32.1. The van der Waals surface area contributed by atoms with Crippen LogP contribution in [0.4, 0.5) is 5.13 Å². The summed E-state index contributed by atoms with van der Waals surface area (Å²) < 4.78 is 11.1. The van der Waals surface area contributed by atoms with Gasteiger partial charge in [-0.2, -0.15) is 0 Å². The van der Waals surface area contributed by atoms with E-state index in [1.54, 1.807) is 6.07 Å². The van der Waals surface area contributed by atoms with Crippen molar-refractivity contribution in [3.05, 3.63) is 29.3 Å². The van der Waals surface area contributed by atoms with E-state index in [2.05, 4.69) is 15.5 Å². The summed E-state index contributed by atoms with van der Waals surface area (Å²) in [6.45, 7) is 2.17. The van der Waals surface area contributed by atoms with Crippen LogP contribution >= 0.6 is 11.3 Å². The predicted molar refractivity (Wildman–Crippen MR) is 74.3 cm³/mol. The molecule has 2 aromatic rings. The van der Waals surface area contributed by atoms with E-state index in [4.69, 9.17) is 9.47 Å². The summed E-state index contributed by atoms with van der Waals surface area (Å²) in [5.41, 5.74) is 0. The lowest BCUT2D eigenvalue weighted by molar-refractivity contribution is -0.125. The van der Waals surface area contributed by atoms with Crippen molar-refractivity contribution >= 4 is 22.4 Å². The highest BCUT2D eigenvalue weighted by molar-refractivity contribution is 7.15. The van der Waals surface area contributed by atoms with Gasteiger partial charge in [-0.15, -0.1) is 10.2 Å². The molecule has 1 aliphatic heterocycles. The fourth-order valence-electron chi connectivity index (χ4n) is 1.78. The molecule has 1 atom stereocenters. The molecule has 1 N–H and O–H groups in total. The summed E-state index contributed by atoms with van der Waals surface area (Å²) >= 11 is 1.36. The summed E-state index contributed by atoms with van der Waals surface area (Å²) in [6, 6.07) is 7.27. The van der Waals surface area contributed by atoms with E-state index < -0.39 is 6.10 Å². The van der Waals surface area contributed by atoms with Gasteiger partial charge in [-0.1, -0.05) is 30.4 Å². The minimum atomic E-state index is -0.682.